The Morgan fingerprint density at radius 3 is 2.71 bits per heavy atom. The summed E-state index contributed by atoms with van der Waals surface area (Å²) in [4.78, 5) is 7.27. The van der Waals surface area contributed by atoms with Crippen LogP contribution in [0.15, 0.2) is 0 Å². The number of likely N-dealkylation sites (N-methyl/N-ethyl adjacent to an activating group) is 1. The minimum absolute atomic E-state index is 0.489. The van der Waals surface area contributed by atoms with Crippen LogP contribution >= 0.6 is 11.6 Å². The summed E-state index contributed by atoms with van der Waals surface area (Å²) in [6.07, 6.45) is 4.07. The van der Waals surface area contributed by atoms with Gasteiger partial charge in [0.25, 0.3) is 0 Å². The molecule has 0 N–H and O–H groups in total. The normalized spacial score (nSPS) is 19.9. The van der Waals surface area contributed by atoms with Crippen molar-refractivity contribution in [1.29, 1.82) is 0 Å². The van der Waals surface area contributed by atoms with Gasteiger partial charge in [-0.25, -0.2) is 4.98 Å². The Morgan fingerprint density at radius 1 is 1.29 bits per heavy atom. The summed E-state index contributed by atoms with van der Waals surface area (Å²) in [5.74, 6) is 1.73. The molecule has 2 aromatic heterocycles. The van der Waals surface area contributed by atoms with E-state index >= 15 is 0 Å². The summed E-state index contributed by atoms with van der Waals surface area (Å²) in [7, 11) is 4.21. The third kappa shape index (κ3) is 2.57. The van der Waals surface area contributed by atoms with Crippen molar-refractivity contribution in [2.45, 2.75) is 38.6 Å². The lowest BCUT2D eigenvalue weighted by molar-refractivity contribution is 0.391. The molecule has 0 saturated carbocycles. The number of hydrogen-bond donors (Lipinski definition) is 0. The van der Waals surface area contributed by atoms with Crippen LogP contribution in [0.25, 0.3) is 11.2 Å². The number of nitrogens with zero attached hydrogens (tertiary/aromatic N) is 5. The number of aryl methyl sites for hydroxylation is 3. The van der Waals surface area contributed by atoms with E-state index in [9.17, 15) is 0 Å². The second kappa shape index (κ2) is 5.97. The number of alkyl halides is 1. The highest BCUT2D eigenvalue weighted by molar-refractivity contribution is 6.17. The Morgan fingerprint density at radius 2 is 2.10 bits per heavy atom. The zero-order valence-electron chi connectivity index (χ0n) is 13.1. The van der Waals surface area contributed by atoms with Gasteiger partial charge < -0.3 is 9.47 Å². The van der Waals surface area contributed by atoms with Crippen molar-refractivity contribution in [3.63, 3.8) is 0 Å². The SMILES string of the molecule is CCCc1nn(C)c2c1nc(CCCl)n2C1CCN(C)C1. The van der Waals surface area contributed by atoms with Gasteiger partial charge in [0, 0.05) is 25.9 Å². The predicted octanol–water partition coefficient (Wildman–Crippen LogP) is 2.38. The van der Waals surface area contributed by atoms with Crippen LogP contribution in [0.4, 0.5) is 0 Å². The highest BCUT2D eigenvalue weighted by atomic mass is 35.5. The van der Waals surface area contributed by atoms with Gasteiger partial charge in [0.1, 0.15) is 11.3 Å². The molecule has 1 atom stereocenters. The molecule has 6 heteroatoms. The van der Waals surface area contributed by atoms with Gasteiger partial charge in [-0.05, 0) is 26.4 Å². The first-order chi connectivity index (χ1) is 10.2. The molecule has 0 aliphatic carbocycles. The molecule has 2 aromatic rings. The van der Waals surface area contributed by atoms with Crippen LogP contribution in [-0.4, -0.2) is 50.2 Å². The first kappa shape index (κ1) is 14.9. The van der Waals surface area contributed by atoms with Gasteiger partial charge in [-0.3, -0.25) is 4.68 Å². The van der Waals surface area contributed by atoms with Crippen molar-refractivity contribution in [3.05, 3.63) is 11.5 Å². The van der Waals surface area contributed by atoms with Crippen LogP contribution in [0, 0.1) is 0 Å². The molecule has 1 saturated heterocycles. The second-order valence-corrected chi connectivity index (χ2v) is 6.41. The van der Waals surface area contributed by atoms with E-state index in [1.807, 2.05) is 11.7 Å². The maximum absolute atomic E-state index is 5.99. The molecule has 1 aliphatic rings. The molecule has 1 aliphatic heterocycles. The number of rotatable bonds is 5. The van der Waals surface area contributed by atoms with Gasteiger partial charge in [-0.1, -0.05) is 13.3 Å². The average molecular weight is 310 g/mol. The number of imidazole rings is 1. The Labute approximate surface area is 130 Å². The summed E-state index contributed by atoms with van der Waals surface area (Å²) in [5.41, 5.74) is 3.36. The van der Waals surface area contributed by atoms with Crippen LogP contribution < -0.4 is 0 Å². The molecule has 116 valence electrons. The number of fused-ring (bicyclic) bond motifs is 1. The van der Waals surface area contributed by atoms with Gasteiger partial charge in [0.2, 0.25) is 0 Å². The van der Waals surface area contributed by atoms with Gasteiger partial charge in [0.15, 0.2) is 5.65 Å². The van der Waals surface area contributed by atoms with Crippen LogP contribution in [-0.2, 0) is 19.9 Å². The molecule has 0 bridgehead atoms. The van der Waals surface area contributed by atoms with E-state index in [0.717, 1.165) is 49.4 Å². The topological polar surface area (TPSA) is 38.9 Å². The molecule has 0 radical (unpaired) electrons. The summed E-state index contributed by atoms with van der Waals surface area (Å²) in [6, 6.07) is 0.489. The van der Waals surface area contributed by atoms with E-state index in [1.165, 1.54) is 12.1 Å². The van der Waals surface area contributed by atoms with E-state index in [-0.39, 0.29) is 0 Å². The number of aromatic nitrogens is 4. The molecule has 3 heterocycles. The summed E-state index contributed by atoms with van der Waals surface area (Å²) >= 11 is 5.99. The fourth-order valence-corrected chi connectivity index (χ4v) is 3.59. The van der Waals surface area contributed by atoms with E-state index < -0.39 is 0 Å². The van der Waals surface area contributed by atoms with Crippen molar-refractivity contribution in [2.75, 3.05) is 26.0 Å². The van der Waals surface area contributed by atoms with E-state index in [0.29, 0.717) is 11.9 Å². The molecule has 1 fully saturated rings. The maximum Gasteiger partial charge on any atom is 0.158 e. The molecule has 5 nitrogen and oxygen atoms in total. The maximum atomic E-state index is 5.99. The van der Waals surface area contributed by atoms with E-state index in [1.54, 1.807) is 0 Å². The minimum Gasteiger partial charge on any atom is -0.308 e. The first-order valence-corrected chi connectivity index (χ1v) is 8.36. The van der Waals surface area contributed by atoms with Crippen LogP contribution in [0.1, 0.15) is 37.3 Å². The van der Waals surface area contributed by atoms with Gasteiger partial charge in [0.05, 0.1) is 11.7 Å². The number of halogens is 1. The zero-order chi connectivity index (χ0) is 15.0. The third-order valence-electron chi connectivity index (χ3n) is 4.35. The molecule has 0 spiro atoms. The lowest BCUT2D eigenvalue weighted by Crippen LogP contribution is -2.19. The molecular weight excluding hydrogens is 286 g/mol. The smallest absolute Gasteiger partial charge is 0.158 e. The van der Waals surface area contributed by atoms with Crippen molar-refractivity contribution in [1.82, 2.24) is 24.2 Å². The Balaban J connectivity index is 2.12. The second-order valence-electron chi connectivity index (χ2n) is 6.03. The van der Waals surface area contributed by atoms with E-state index in [2.05, 4.69) is 28.5 Å². The molecule has 3 rings (SSSR count). The number of hydrogen-bond acceptors (Lipinski definition) is 3. The molecule has 0 amide bonds. The fourth-order valence-electron chi connectivity index (χ4n) is 3.42. The van der Waals surface area contributed by atoms with Gasteiger partial charge >= 0.3 is 0 Å². The summed E-state index contributed by atoms with van der Waals surface area (Å²) < 4.78 is 4.40. The molecule has 0 aromatic carbocycles. The number of likely N-dealkylation sites (tertiary alicyclic amines) is 1. The average Bonchev–Trinajstić information content (AvgIpc) is 3.09. The highest BCUT2D eigenvalue weighted by Crippen LogP contribution is 2.29. The monoisotopic (exact) mass is 309 g/mol. The third-order valence-corrected chi connectivity index (χ3v) is 4.54. The van der Waals surface area contributed by atoms with Crippen LogP contribution in [0.3, 0.4) is 0 Å². The van der Waals surface area contributed by atoms with Gasteiger partial charge in [-0.15, -0.1) is 11.6 Å². The standard InChI is InChI=1S/C15H24ClN5/c1-4-5-12-14-15(20(3)18-12)21(13(17-14)6-8-16)11-7-9-19(2)10-11/h11H,4-10H2,1-3H3. The van der Waals surface area contributed by atoms with Crippen molar-refractivity contribution in [2.24, 2.45) is 7.05 Å². The Bertz CT molecular complexity index is 630. The zero-order valence-corrected chi connectivity index (χ0v) is 13.9. The molecular formula is C15H24ClN5. The fraction of sp³-hybridized carbons (Fsp3) is 0.733. The minimum atomic E-state index is 0.489. The van der Waals surface area contributed by atoms with Crippen molar-refractivity contribution < 1.29 is 0 Å². The van der Waals surface area contributed by atoms with Crippen molar-refractivity contribution >= 4 is 22.8 Å². The van der Waals surface area contributed by atoms with Crippen LogP contribution in [0.5, 0.6) is 0 Å². The van der Waals surface area contributed by atoms with Crippen molar-refractivity contribution in [3.8, 4) is 0 Å². The molecule has 21 heavy (non-hydrogen) atoms. The highest BCUT2D eigenvalue weighted by Gasteiger charge is 2.28. The predicted molar refractivity (Wildman–Crippen MR) is 86.1 cm³/mol. The largest absolute Gasteiger partial charge is 0.308 e. The quantitative estimate of drug-likeness (QED) is 0.796. The molecule has 1 unspecified atom stereocenters. The Kier molecular flexibility index (Phi) is 4.22. The lowest BCUT2D eigenvalue weighted by atomic mass is 10.2. The first-order valence-electron chi connectivity index (χ1n) is 7.82. The summed E-state index contributed by atoms with van der Waals surface area (Å²) in [5, 5.41) is 4.68. The Hall–Kier alpha value is -1.07. The van der Waals surface area contributed by atoms with Gasteiger partial charge in [-0.2, -0.15) is 5.10 Å². The van der Waals surface area contributed by atoms with E-state index in [4.69, 9.17) is 16.6 Å². The summed E-state index contributed by atoms with van der Waals surface area (Å²) in [6.45, 7) is 4.41. The van der Waals surface area contributed by atoms with Crippen LogP contribution in [0.2, 0.25) is 0 Å². The lowest BCUT2D eigenvalue weighted by Gasteiger charge is -2.16.